The normalized spacial score (nSPS) is 10.6. The summed E-state index contributed by atoms with van der Waals surface area (Å²) in [7, 11) is 5.71. The minimum absolute atomic E-state index is 0.180. The summed E-state index contributed by atoms with van der Waals surface area (Å²) >= 11 is 1.27. The van der Waals surface area contributed by atoms with Crippen LogP contribution in [-0.4, -0.2) is 36.9 Å². The summed E-state index contributed by atoms with van der Waals surface area (Å²) in [4.78, 5) is 20.6. The predicted molar refractivity (Wildman–Crippen MR) is 104 cm³/mol. The van der Waals surface area contributed by atoms with Gasteiger partial charge in [0.15, 0.2) is 0 Å². The number of aromatic nitrogens is 1. The first kappa shape index (κ1) is 18.1. The number of rotatable bonds is 5. The zero-order chi connectivity index (χ0) is 18.7. The van der Waals surface area contributed by atoms with Gasteiger partial charge in [-0.3, -0.25) is 4.79 Å². The Morgan fingerprint density at radius 1 is 1.08 bits per heavy atom. The van der Waals surface area contributed by atoms with Crippen LogP contribution >= 0.6 is 11.3 Å². The van der Waals surface area contributed by atoms with Gasteiger partial charge in [-0.15, -0.1) is 11.3 Å². The molecule has 1 amide bonds. The Balaban J connectivity index is 1.72. The second kappa shape index (κ2) is 7.66. The van der Waals surface area contributed by atoms with E-state index in [4.69, 9.17) is 0 Å². The van der Waals surface area contributed by atoms with Gasteiger partial charge in [0.05, 0.1) is 0 Å². The highest BCUT2D eigenvalue weighted by Crippen LogP contribution is 2.26. The van der Waals surface area contributed by atoms with E-state index in [1.807, 2.05) is 43.3 Å². The number of carbonyl (C=O) groups excluding carboxylic acids is 1. The molecular formula is C20H20FN3OS. The molecule has 0 aliphatic rings. The molecule has 3 aromatic rings. The number of benzene rings is 2. The van der Waals surface area contributed by atoms with Crippen LogP contribution in [0.25, 0.3) is 10.6 Å². The van der Waals surface area contributed by atoms with E-state index in [0.29, 0.717) is 22.8 Å². The van der Waals surface area contributed by atoms with Gasteiger partial charge in [0.25, 0.3) is 5.91 Å². The Labute approximate surface area is 156 Å². The minimum atomic E-state index is -0.338. The molecule has 1 heterocycles. The zero-order valence-electron chi connectivity index (χ0n) is 14.9. The van der Waals surface area contributed by atoms with Crippen LogP contribution in [0.15, 0.2) is 53.9 Å². The van der Waals surface area contributed by atoms with Crippen molar-refractivity contribution in [2.75, 3.05) is 26.0 Å². The molecule has 2 aromatic carbocycles. The number of hydrogen-bond acceptors (Lipinski definition) is 4. The van der Waals surface area contributed by atoms with Crippen LogP contribution in [0, 0.1) is 5.82 Å². The maximum Gasteiger partial charge on any atom is 0.273 e. The van der Waals surface area contributed by atoms with E-state index in [-0.39, 0.29) is 11.7 Å². The lowest BCUT2D eigenvalue weighted by Crippen LogP contribution is -2.26. The largest absolute Gasteiger partial charge is 0.378 e. The molecule has 0 spiro atoms. The van der Waals surface area contributed by atoms with Gasteiger partial charge in [0, 0.05) is 44.3 Å². The fourth-order valence-electron chi connectivity index (χ4n) is 2.57. The minimum Gasteiger partial charge on any atom is -0.378 e. The Hall–Kier alpha value is -2.73. The number of hydrogen-bond donors (Lipinski definition) is 0. The molecule has 0 aliphatic carbocycles. The Morgan fingerprint density at radius 3 is 2.42 bits per heavy atom. The average molecular weight is 369 g/mol. The predicted octanol–water partition coefficient (Wildman–Crippen LogP) is 4.29. The highest BCUT2D eigenvalue weighted by Gasteiger charge is 2.17. The lowest BCUT2D eigenvalue weighted by Gasteiger charge is -2.17. The second-order valence-electron chi connectivity index (χ2n) is 6.24. The third-order valence-corrected chi connectivity index (χ3v) is 4.92. The molecule has 0 saturated carbocycles. The molecular weight excluding hydrogens is 349 g/mol. The highest BCUT2D eigenvalue weighted by atomic mass is 32.1. The zero-order valence-corrected chi connectivity index (χ0v) is 15.8. The molecule has 1 aromatic heterocycles. The fourth-order valence-corrected chi connectivity index (χ4v) is 3.39. The highest BCUT2D eigenvalue weighted by molar-refractivity contribution is 7.13. The smallest absolute Gasteiger partial charge is 0.273 e. The maximum absolute atomic E-state index is 13.9. The molecule has 134 valence electrons. The first-order valence-electron chi connectivity index (χ1n) is 8.18. The van der Waals surface area contributed by atoms with Crippen molar-refractivity contribution in [1.82, 2.24) is 9.88 Å². The van der Waals surface area contributed by atoms with Gasteiger partial charge in [0.1, 0.15) is 16.5 Å². The summed E-state index contributed by atoms with van der Waals surface area (Å²) in [5.74, 6) is -0.518. The van der Waals surface area contributed by atoms with E-state index >= 15 is 0 Å². The van der Waals surface area contributed by atoms with Crippen molar-refractivity contribution in [2.45, 2.75) is 6.54 Å². The van der Waals surface area contributed by atoms with Crippen LogP contribution in [0.2, 0.25) is 0 Å². The average Bonchev–Trinajstić information content (AvgIpc) is 3.11. The molecule has 0 saturated heterocycles. The topological polar surface area (TPSA) is 36.4 Å². The van der Waals surface area contributed by atoms with Crippen LogP contribution in [0.3, 0.4) is 0 Å². The molecule has 6 heteroatoms. The van der Waals surface area contributed by atoms with Gasteiger partial charge in [-0.2, -0.15) is 0 Å². The van der Waals surface area contributed by atoms with Crippen LogP contribution in [0.1, 0.15) is 16.1 Å². The fraction of sp³-hybridized carbons (Fsp3) is 0.200. The van der Waals surface area contributed by atoms with Gasteiger partial charge in [-0.1, -0.05) is 24.3 Å². The van der Waals surface area contributed by atoms with Crippen molar-refractivity contribution >= 4 is 22.9 Å². The molecule has 3 rings (SSSR count). The van der Waals surface area contributed by atoms with Crippen molar-refractivity contribution in [3.05, 3.63) is 71.0 Å². The van der Waals surface area contributed by atoms with Crippen molar-refractivity contribution in [1.29, 1.82) is 0 Å². The number of anilines is 1. The molecule has 0 bridgehead atoms. The quantitative estimate of drug-likeness (QED) is 0.673. The number of nitrogens with zero attached hydrogens (tertiary/aromatic N) is 3. The molecule has 0 fully saturated rings. The SMILES string of the molecule is CN(Cc1ccc(N(C)C)cc1)C(=O)c1csc(-c2ccccc2F)n1. The van der Waals surface area contributed by atoms with Gasteiger partial charge in [-0.05, 0) is 29.8 Å². The standard InChI is InChI=1S/C20H20FN3OS/c1-23(2)15-10-8-14(9-11-15)12-24(3)20(25)18-13-26-19(22-18)16-6-4-5-7-17(16)21/h4-11,13H,12H2,1-3H3. The number of amides is 1. The summed E-state index contributed by atoms with van der Waals surface area (Å²) in [6.45, 7) is 0.485. The first-order valence-corrected chi connectivity index (χ1v) is 9.06. The Morgan fingerprint density at radius 2 is 1.77 bits per heavy atom. The van der Waals surface area contributed by atoms with Crippen LogP contribution in [0.4, 0.5) is 10.1 Å². The van der Waals surface area contributed by atoms with Gasteiger partial charge in [0.2, 0.25) is 0 Å². The first-order chi connectivity index (χ1) is 12.5. The third-order valence-electron chi connectivity index (χ3n) is 4.05. The molecule has 4 nitrogen and oxygen atoms in total. The van der Waals surface area contributed by atoms with Crippen molar-refractivity contribution in [3.63, 3.8) is 0 Å². The summed E-state index contributed by atoms with van der Waals surface area (Å²) in [5, 5.41) is 2.19. The lowest BCUT2D eigenvalue weighted by atomic mass is 10.2. The number of thiazole rings is 1. The van der Waals surface area contributed by atoms with Gasteiger partial charge >= 0.3 is 0 Å². The second-order valence-corrected chi connectivity index (χ2v) is 7.10. The van der Waals surface area contributed by atoms with E-state index in [1.165, 1.54) is 17.4 Å². The number of halogens is 1. The molecule has 0 unspecified atom stereocenters. The summed E-state index contributed by atoms with van der Waals surface area (Å²) in [6, 6.07) is 14.5. The van der Waals surface area contributed by atoms with E-state index < -0.39 is 0 Å². The monoisotopic (exact) mass is 369 g/mol. The van der Waals surface area contributed by atoms with Gasteiger partial charge < -0.3 is 9.80 Å². The van der Waals surface area contributed by atoms with Crippen molar-refractivity contribution < 1.29 is 9.18 Å². The van der Waals surface area contributed by atoms with Crippen molar-refractivity contribution in [2.24, 2.45) is 0 Å². The van der Waals surface area contributed by atoms with E-state index in [1.54, 1.807) is 35.5 Å². The third kappa shape index (κ3) is 3.91. The molecule has 26 heavy (non-hydrogen) atoms. The van der Waals surface area contributed by atoms with Crippen LogP contribution in [-0.2, 0) is 6.54 Å². The van der Waals surface area contributed by atoms with Crippen LogP contribution < -0.4 is 4.90 Å². The summed E-state index contributed by atoms with van der Waals surface area (Å²) < 4.78 is 13.9. The lowest BCUT2D eigenvalue weighted by molar-refractivity contribution is 0.0780. The van der Waals surface area contributed by atoms with E-state index in [9.17, 15) is 9.18 Å². The van der Waals surface area contributed by atoms with E-state index in [0.717, 1.165) is 11.3 Å². The Bertz CT molecular complexity index is 905. The molecule has 0 atom stereocenters. The van der Waals surface area contributed by atoms with Crippen molar-refractivity contribution in [3.8, 4) is 10.6 Å². The van der Waals surface area contributed by atoms with Gasteiger partial charge in [-0.25, -0.2) is 9.37 Å². The van der Waals surface area contributed by atoms with E-state index in [2.05, 4.69) is 4.98 Å². The molecule has 0 radical (unpaired) electrons. The molecule has 0 aliphatic heterocycles. The van der Waals surface area contributed by atoms with Crippen LogP contribution in [0.5, 0.6) is 0 Å². The summed E-state index contributed by atoms with van der Waals surface area (Å²) in [6.07, 6.45) is 0. The summed E-state index contributed by atoms with van der Waals surface area (Å²) in [5.41, 5.74) is 2.90. The molecule has 0 N–H and O–H groups in total. The Kier molecular flexibility index (Phi) is 5.32. The number of carbonyl (C=O) groups is 1. The maximum atomic E-state index is 13.9.